The van der Waals surface area contributed by atoms with Crippen LogP contribution in [-0.4, -0.2) is 27.8 Å². The summed E-state index contributed by atoms with van der Waals surface area (Å²) in [4.78, 5) is 32.7. The number of carbonyl (C=O) groups is 2. The number of ether oxygens (including phenoxy) is 1. The van der Waals surface area contributed by atoms with Crippen LogP contribution in [0.3, 0.4) is 0 Å². The number of ketones is 1. The van der Waals surface area contributed by atoms with Crippen molar-refractivity contribution in [2.45, 2.75) is 65.4 Å². The van der Waals surface area contributed by atoms with Crippen LogP contribution in [0.1, 0.15) is 68.8 Å². The van der Waals surface area contributed by atoms with Crippen LogP contribution in [0.4, 0.5) is 0 Å². The molecule has 29 heavy (non-hydrogen) atoms. The van der Waals surface area contributed by atoms with Gasteiger partial charge < -0.3 is 4.74 Å². The van der Waals surface area contributed by atoms with E-state index in [0.29, 0.717) is 11.4 Å². The monoisotopic (exact) mass is 392 g/mol. The van der Waals surface area contributed by atoms with Crippen LogP contribution in [0.5, 0.6) is 0 Å². The number of rotatable bonds is 10. The summed E-state index contributed by atoms with van der Waals surface area (Å²) in [6, 6.07) is 6.83. The summed E-state index contributed by atoms with van der Waals surface area (Å²) in [7, 11) is 0. The molecule has 0 saturated heterocycles. The zero-order valence-electron chi connectivity index (χ0n) is 17.4. The van der Waals surface area contributed by atoms with Crippen LogP contribution in [0.15, 0.2) is 36.7 Å². The standard InChI is InChI=1S/C24H28N2O3/c1-4-6-7-8-9-11-19-16-25-23(26-17-19)20-12-14-21(15-13-20)24(28)29-18(3)22(27)10-5-2/h12-18H,4,6-9,11H2,1-3H3. The predicted octanol–water partition coefficient (Wildman–Crippen LogP) is 4.79. The maximum absolute atomic E-state index is 12.2. The van der Waals surface area contributed by atoms with Gasteiger partial charge in [0.2, 0.25) is 5.78 Å². The molecule has 1 unspecified atom stereocenters. The summed E-state index contributed by atoms with van der Waals surface area (Å²) < 4.78 is 5.15. The normalized spacial score (nSPS) is 11.3. The molecule has 0 bridgehead atoms. The predicted molar refractivity (Wildman–Crippen MR) is 113 cm³/mol. The van der Waals surface area contributed by atoms with Gasteiger partial charge >= 0.3 is 5.97 Å². The molecule has 152 valence electrons. The molecular formula is C24H28N2O3. The summed E-state index contributed by atoms with van der Waals surface area (Å²) in [5.74, 6) is 4.51. The quantitative estimate of drug-likeness (QED) is 0.252. The van der Waals surface area contributed by atoms with Crippen LogP contribution in [0.25, 0.3) is 11.4 Å². The third kappa shape index (κ3) is 7.15. The summed E-state index contributed by atoms with van der Waals surface area (Å²) >= 11 is 0. The van der Waals surface area contributed by atoms with Crippen molar-refractivity contribution >= 4 is 11.8 Å². The first-order valence-corrected chi connectivity index (χ1v) is 10.1. The number of nitrogens with zero attached hydrogens (tertiary/aromatic N) is 2. The SMILES string of the molecule is CC#CC(=O)C(C)OC(=O)c1ccc(-c2ncc(CCCCCCC)cn2)cc1. The van der Waals surface area contributed by atoms with Gasteiger partial charge in [0.05, 0.1) is 5.56 Å². The molecule has 0 spiro atoms. The molecule has 1 aromatic carbocycles. The van der Waals surface area contributed by atoms with Crippen LogP contribution in [0, 0.1) is 11.8 Å². The molecule has 2 rings (SSSR count). The summed E-state index contributed by atoms with van der Waals surface area (Å²) in [6.07, 6.45) is 10.1. The van der Waals surface area contributed by atoms with Crippen molar-refractivity contribution in [3.05, 3.63) is 47.8 Å². The molecule has 5 nitrogen and oxygen atoms in total. The Morgan fingerprint density at radius 3 is 2.31 bits per heavy atom. The first-order chi connectivity index (χ1) is 14.0. The molecule has 1 heterocycles. The second kappa shape index (κ2) is 11.8. The van der Waals surface area contributed by atoms with E-state index in [0.717, 1.165) is 24.0 Å². The average Bonchev–Trinajstić information content (AvgIpc) is 2.74. The Labute approximate surface area is 172 Å². The van der Waals surface area contributed by atoms with E-state index in [1.807, 2.05) is 12.4 Å². The highest BCUT2D eigenvalue weighted by Crippen LogP contribution is 2.17. The van der Waals surface area contributed by atoms with Crippen LogP contribution in [-0.2, 0) is 16.0 Å². The molecule has 0 N–H and O–H groups in total. The maximum Gasteiger partial charge on any atom is 0.338 e. The van der Waals surface area contributed by atoms with E-state index in [-0.39, 0.29) is 0 Å². The number of Topliss-reactive ketones (excluding diaryl/α,β-unsaturated/α-hetero) is 1. The molecule has 0 amide bonds. The zero-order chi connectivity index (χ0) is 21.1. The second-order valence-corrected chi connectivity index (χ2v) is 6.94. The number of benzene rings is 1. The molecule has 1 aromatic heterocycles. The van der Waals surface area contributed by atoms with Gasteiger partial charge in [-0.25, -0.2) is 14.8 Å². The minimum atomic E-state index is -0.896. The number of esters is 1. The van der Waals surface area contributed by atoms with E-state index in [1.54, 1.807) is 31.2 Å². The van der Waals surface area contributed by atoms with Crippen molar-refractivity contribution in [3.8, 4) is 23.2 Å². The lowest BCUT2D eigenvalue weighted by Crippen LogP contribution is -2.23. The van der Waals surface area contributed by atoms with Gasteiger partial charge in [-0.15, -0.1) is 0 Å². The third-order valence-electron chi connectivity index (χ3n) is 4.55. The highest BCUT2D eigenvalue weighted by Gasteiger charge is 2.17. The second-order valence-electron chi connectivity index (χ2n) is 6.94. The Hall–Kier alpha value is -3.00. The Bertz CT molecular complexity index is 862. The molecule has 0 fully saturated rings. The van der Waals surface area contributed by atoms with Crippen molar-refractivity contribution in [2.75, 3.05) is 0 Å². The van der Waals surface area contributed by atoms with Crippen molar-refractivity contribution in [3.63, 3.8) is 0 Å². The Kier molecular flexibility index (Phi) is 9.04. The fourth-order valence-corrected chi connectivity index (χ4v) is 2.83. The van der Waals surface area contributed by atoms with E-state index in [2.05, 4.69) is 28.7 Å². The highest BCUT2D eigenvalue weighted by molar-refractivity contribution is 6.01. The molecule has 0 aliphatic carbocycles. The first kappa shape index (κ1) is 22.3. The van der Waals surface area contributed by atoms with E-state index >= 15 is 0 Å². The van der Waals surface area contributed by atoms with Crippen LogP contribution in [0.2, 0.25) is 0 Å². The third-order valence-corrected chi connectivity index (χ3v) is 4.55. The van der Waals surface area contributed by atoms with Crippen molar-refractivity contribution in [2.24, 2.45) is 0 Å². The van der Waals surface area contributed by atoms with Gasteiger partial charge in [0, 0.05) is 18.0 Å². The Morgan fingerprint density at radius 2 is 1.69 bits per heavy atom. The lowest BCUT2D eigenvalue weighted by Gasteiger charge is -2.09. The van der Waals surface area contributed by atoms with Gasteiger partial charge in [0.15, 0.2) is 11.9 Å². The van der Waals surface area contributed by atoms with Gasteiger partial charge in [-0.1, -0.05) is 50.7 Å². The molecule has 0 radical (unpaired) electrons. The lowest BCUT2D eigenvalue weighted by molar-refractivity contribution is -0.121. The summed E-state index contributed by atoms with van der Waals surface area (Å²) in [5, 5.41) is 0. The van der Waals surface area contributed by atoms with E-state index in [4.69, 9.17) is 4.74 Å². The van der Waals surface area contributed by atoms with Gasteiger partial charge in [0.1, 0.15) is 0 Å². The number of unbranched alkanes of at least 4 members (excludes halogenated alkanes) is 4. The fraction of sp³-hybridized carbons (Fsp3) is 0.417. The Morgan fingerprint density at radius 1 is 1.03 bits per heavy atom. The van der Waals surface area contributed by atoms with Crippen molar-refractivity contribution in [1.29, 1.82) is 0 Å². The molecule has 2 aromatic rings. The molecule has 0 saturated carbocycles. The van der Waals surface area contributed by atoms with Gasteiger partial charge in [-0.2, -0.15) is 0 Å². The largest absolute Gasteiger partial charge is 0.450 e. The maximum atomic E-state index is 12.2. The van der Waals surface area contributed by atoms with Gasteiger partial charge in [-0.3, -0.25) is 4.79 Å². The molecule has 0 aliphatic heterocycles. The van der Waals surface area contributed by atoms with Crippen LogP contribution >= 0.6 is 0 Å². The minimum Gasteiger partial charge on any atom is -0.450 e. The van der Waals surface area contributed by atoms with E-state index in [9.17, 15) is 9.59 Å². The molecule has 0 aliphatic rings. The average molecular weight is 392 g/mol. The summed E-state index contributed by atoms with van der Waals surface area (Å²) in [5.41, 5.74) is 2.32. The number of aromatic nitrogens is 2. The number of hydrogen-bond donors (Lipinski definition) is 0. The van der Waals surface area contributed by atoms with Crippen molar-refractivity contribution < 1.29 is 14.3 Å². The summed E-state index contributed by atoms with van der Waals surface area (Å²) in [6.45, 7) is 5.29. The Balaban J connectivity index is 1.92. The lowest BCUT2D eigenvalue weighted by atomic mass is 10.1. The molecular weight excluding hydrogens is 364 g/mol. The van der Waals surface area contributed by atoms with Crippen LogP contribution < -0.4 is 0 Å². The van der Waals surface area contributed by atoms with Crippen molar-refractivity contribution in [1.82, 2.24) is 9.97 Å². The number of hydrogen-bond acceptors (Lipinski definition) is 5. The van der Waals surface area contributed by atoms with E-state index < -0.39 is 17.9 Å². The number of carbonyl (C=O) groups excluding carboxylic acids is 2. The zero-order valence-corrected chi connectivity index (χ0v) is 17.4. The topological polar surface area (TPSA) is 69.2 Å². The first-order valence-electron chi connectivity index (χ1n) is 10.1. The minimum absolute atomic E-state index is 0.363. The smallest absolute Gasteiger partial charge is 0.338 e. The van der Waals surface area contributed by atoms with E-state index in [1.165, 1.54) is 32.6 Å². The van der Waals surface area contributed by atoms with Gasteiger partial charge in [0.25, 0.3) is 0 Å². The van der Waals surface area contributed by atoms with Gasteiger partial charge in [-0.05, 0) is 50.3 Å². The number of aryl methyl sites for hydroxylation is 1. The molecule has 1 atom stereocenters. The fourth-order valence-electron chi connectivity index (χ4n) is 2.83. The highest BCUT2D eigenvalue weighted by atomic mass is 16.5. The molecule has 5 heteroatoms.